The molecule has 0 amide bonds. The molecule has 18 heavy (non-hydrogen) atoms. The molecular weight excluding hydrogens is 235 g/mol. The average molecular weight is 256 g/mol. The monoisotopic (exact) mass is 256 g/mol. The fourth-order valence-electron chi connectivity index (χ4n) is 1.65. The predicted molar refractivity (Wildman–Crippen MR) is 71.6 cm³/mol. The first-order valence-corrected chi connectivity index (χ1v) is 6.05. The molecule has 3 N–H and O–H groups in total. The Morgan fingerprint density at radius 3 is 2.67 bits per heavy atom. The van der Waals surface area contributed by atoms with Gasteiger partial charge in [0.1, 0.15) is 0 Å². The van der Waals surface area contributed by atoms with Crippen molar-refractivity contribution in [2.24, 2.45) is 0 Å². The molecule has 0 saturated carbocycles. The number of unbranched alkanes of at least 4 members (excludes halogenated alkanes) is 2. The molecular formula is C13H21FN2O2. The number of hydrogen-bond acceptors (Lipinski definition) is 4. The molecule has 0 unspecified atom stereocenters. The van der Waals surface area contributed by atoms with E-state index in [0.29, 0.717) is 11.4 Å². The van der Waals surface area contributed by atoms with Crippen molar-refractivity contribution >= 4 is 11.4 Å². The van der Waals surface area contributed by atoms with Crippen LogP contribution >= 0.6 is 0 Å². The van der Waals surface area contributed by atoms with Crippen LogP contribution in [0.4, 0.5) is 15.8 Å². The number of nitrogen functional groups attached to an aromatic ring is 1. The van der Waals surface area contributed by atoms with Crippen LogP contribution in [0.15, 0.2) is 12.1 Å². The summed E-state index contributed by atoms with van der Waals surface area (Å²) in [7, 11) is 3.13. The number of ether oxygens (including phenoxy) is 2. The quantitative estimate of drug-likeness (QED) is 0.554. The highest BCUT2D eigenvalue weighted by atomic mass is 19.1. The Labute approximate surface area is 107 Å². The van der Waals surface area contributed by atoms with Crippen LogP contribution in [0.1, 0.15) is 19.3 Å². The molecule has 1 aromatic rings. The highest BCUT2D eigenvalue weighted by Gasteiger charge is 2.07. The molecule has 1 aromatic carbocycles. The summed E-state index contributed by atoms with van der Waals surface area (Å²) < 4.78 is 23.2. The molecule has 0 radical (unpaired) electrons. The number of benzene rings is 1. The SMILES string of the molecule is COCCCCCNc1cc(OC)c(F)cc1N. The van der Waals surface area contributed by atoms with Gasteiger partial charge in [-0.05, 0) is 19.3 Å². The number of nitrogens with two attached hydrogens (primary N) is 1. The van der Waals surface area contributed by atoms with Crippen molar-refractivity contribution in [2.45, 2.75) is 19.3 Å². The minimum Gasteiger partial charge on any atom is -0.494 e. The van der Waals surface area contributed by atoms with Crippen molar-refractivity contribution in [2.75, 3.05) is 38.4 Å². The van der Waals surface area contributed by atoms with Gasteiger partial charge in [-0.15, -0.1) is 0 Å². The standard InChI is InChI=1S/C13H21FN2O2/c1-17-7-5-3-4-6-16-12-9-13(18-2)10(14)8-11(12)15/h8-9,16H,3-7,15H2,1-2H3. The van der Waals surface area contributed by atoms with Crippen molar-refractivity contribution in [3.63, 3.8) is 0 Å². The number of nitrogens with one attached hydrogen (secondary N) is 1. The molecule has 0 atom stereocenters. The van der Waals surface area contributed by atoms with Crippen molar-refractivity contribution in [3.8, 4) is 5.75 Å². The summed E-state index contributed by atoms with van der Waals surface area (Å²) in [6.07, 6.45) is 3.14. The summed E-state index contributed by atoms with van der Waals surface area (Å²) in [6.45, 7) is 1.58. The van der Waals surface area contributed by atoms with Crippen LogP contribution in [0.3, 0.4) is 0 Å². The van der Waals surface area contributed by atoms with Gasteiger partial charge in [0.25, 0.3) is 0 Å². The van der Waals surface area contributed by atoms with Gasteiger partial charge in [-0.1, -0.05) is 0 Å². The van der Waals surface area contributed by atoms with E-state index >= 15 is 0 Å². The van der Waals surface area contributed by atoms with Gasteiger partial charge in [0.05, 0.1) is 18.5 Å². The van der Waals surface area contributed by atoms with E-state index in [1.54, 1.807) is 13.2 Å². The van der Waals surface area contributed by atoms with Crippen molar-refractivity contribution in [3.05, 3.63) is 17.9 Å². The molecule has 0 fully saturated rings. The Bertz CT molecular complexity index is 372. The zero-order valence-electron chi connectivity index (χ0n) is 11.0. The minimum atomic E-state index is -0.444. The summed E-state index contributed by atoms with van der Waals surface area (Å²) in [5.41, 5.74) is 6.83. The third kappa shape index (κ3) is 4.41. The van der Waals surface area contributed by atoms with E-state index in [1.807, 2.05) is 0 Å². The number of rotatable bonds is 8. The van der Waals surface area contributed by atoms with Gasteiger partial charge in [-0.25, -0.2) is 4.39 Å². The summed E-state index contributed by atoms with van der Waals surface area (Å²) in [5.74, 6) is -0.244. The van der Waals surface area contributed by atoms with Gasteiger partial charge in [-0.3, -0.25) is 0 Å². The van der Waals surface area contributed by atoms with Gasteiger partial charge in [-0.2, -0.15) is 0 Å². The van der Waals surface area contributed by atoms with Crippen LogP contribution in [-0.4, -0.2) is 27.4 Å². The first-order valence-electron chi connectivity index (χ1n) is 6.05. The zero-order valence-corrected chi connectivity index (χ0v) is 11.0. The Hall–Kier alpha value is -1.49. The summed E-state index contributed by atoms with van der Waals surface area (Å²) >= 11 is 0. The molecule has 0 saturated heterocycles. The van der Waals surface area contributed by atoms with E-state index < -0.39 is 5.82 Å². The molecule has 0 aliphatic heterocycles. The Balaban J connectivity index is 2.42. The lowest BCUT2D eigenvalue weighted by atomic mass is 10.2. The second-order valence-corrected chi connectivity index (χ2v) is 4.05. The second-order valence-electron chi connectivity index (χ2n) is 4.05. The predicted octanol–water partition coefficient (Wildman–Crippen LogP) is 2.65. The smallest absolute Gasteiger partial charge is 0.167 e. The van der Waals surface area contributed by atoms with Crippen LogP contribution in [0.5, 0.6) is 5.75 Å². The van der Waals surface area contributed by atoms with Crippen LogP contribution in [-0.2, 0) is 4.74 Å². The maximum Gasteiger partial charge on any atom is 0.167 e. The third-order valence-corrected chi connectivity index (χ3v) is 2.66. The highest BCUT2D eigenvalue weighted by Crippen LogP contribution is 2.27. The summed E-state index contributed by atoms with van der Waals surface area (Å²) in [5, 5.41) is 3.18. The van der Waals surface area contributed by atoms with Crippen LogP contribution in [0, 0.1) is 5.82 Å². The van der Waals surface area contributed by atoms with Gasteiger partial charge in [0.15, 0.2) is 11.6 Å². The Morgan fingerprint density at radius 1 is 1.22 bits per heavy atom. The van der Waals surface area contributed by atoms with Gasteiger partial charge in [0.2, 0.25) is 0 Å². The maximum atomic E-state index is 13.3. The number of methoxy groups -OCH3 is 2. The first kappa shape index (κ1) is 14.6. The molecule has 4 nitrogen and oxygen atoms in total. The van der Waals surface area contributed by atoms with Gasteiger partial charge >= 0.3 is 0 Å². The zero-order chi connectivity index (χ0) is 13.4. The second kappa shape index (κ2) is 7.76. The fraction of sp³-hybridized carbons (Fsp3) is 0.538. The molecule has 1 rings (SSSR count). The summed E-state index contributed by atoms with van der Waals surface area (Å²) in [4.78, 5) is 0. The Morgan fingerprint density at radius 2 is 2.00 bits per heavy atom. The third-order valence-electron chi connectivity index (χ3n) is 2.66. The van der Waals surface area contributed by atoms with Crippen molar-refractivity contribution in [1.82, 2.24) is 0 Å². The topological polar surface area (TPSA) is 56.5 Å². The fourth-order valence-corrected chi connectivity index (χ4v) is 1.65. The number of hydrogen-bond donors (Lipinski definition) is 2. The molecule has 0 aliphatic carbocycles. The molecule has 5 heteroatoms. The maximum absolute atomic E-state index is 13.3. The van der Waals surface area contributed by atoms with Crippen molar-refractivity contribution in [1.29, 1.82) is 0 Å². The summed E-state index contributed by atoms with van der Waals surface area (Å²) in [6, 6.07) is 2.85. The molecule has 0 bridgehead atoms. The molecule has 0 heterocycles. The number of anilines is 2. The lowest BCUT2D eigenvalue weighted by Gasteiger charge is -2.11. The van der Waals surface area contributed by atoms with Crippen LogP contribution < -0.4 is 15.8 Å². The van der Waals surface area contributed by atoms with E-state index in [-0.39, 0.29) is 5.75 Å². The van der Waals surface area contributed by atoms with E-state index in [0.717, 1.165) is 32.4 Å². The molecule has 0 spiro atoms. The van der Waals surface area contributed by atoms with E-state index in [4.69, 9.17) is 15.2 Å². The van der Waals surface area contributed by atoms with E-state index in [9.17, 15) is 4.39 Å². The lowest BCUT2D eigenvalue weighted by molar-refractivity contribution is 0.192. The molecule has 0 aromatic heterocycles. The minimum absolute atomic E-state index is 0.200. The first-order chi connectivity index (χ1) is 8.69. The highest BCUT2D eigenvalue weighted by molar-refractivity contribution is 5.68. The van der Waals surface area contributed by atoms with Crippen LogP contribution in [0.2, 0.25) is 0 Å². The molecule has 0 aliphatic rings. The Kier molecular flexibility index (Phi) is 6.28. The number of halogens is 1. The van der Waals surface area contributed by atoms with E-state index in [1.165, 1.54) is 13.2 Å². The van der Waals surface area contributed by atoms with E-state index in [2.05, 4.69) is 5.32 Å². The van der Waals surface area contributed by atoms with Gasteiger partial charge in [0, 0.05) is 32.4 Å². The average Bonchev–Trinajstić information content (AvgIpc) is 2.36. The molecule has 102 valence electrons. The lowest BCUT2D eigenvalue weighted by Crippen LogP contribution is -2.05. The van der Waals surface area contributed by atoms with Crippen LogP contribution in [0.25, 0.3) is 0 Å². The largest absolute Gasteiger partial charge is 0.494 e. The van der Waals surface area contributed by atoms with Crippen molar-refractivity contribution < 1.29 is 13.9 Å². The normalized spacial score (nSPS) is 10.4. The van der Waals surface area contributed by atoms with Gasteiger partial charge < -0.3 is 20.5 Å².